The predicted octanol–water partition coefficient (Wildman–Crippen LogP) is 5.67. The van der Waals surface area contributed by atoms with Crippen LogP contribution < -0.4 is 0 Å². The number of unbranched alkanes of at least 4 members (excludes halogenated alkanes) is 10. The Labute approximate surface area is 116 Å². The molecule has 0 aromatic heterocycles. The van der Waals surface area contributed by atoms with Gasteiger partial charge in [-0.15, -0.1) is 11.6 Å². The second-order valence-electron chi connectivity index (χ2n) is 4.68. The van der Waals surface area contributed by atoms with Crippen molar-refractivity contribution in [3.05, 3.63) is 0 Å². The van der Waals surface area contributed by atoms with Gasteiger partial charge in [0, 0.05) is 12.3 Å². The van der Waals surface area contributed by atoms with Crippen LogP contribution in [0.3, 0.4) is 0 Å². The molecule has 0 aromatic carbocycles. The van der Waals surface area contributed by atoms with Crippen LogP contribution in [-0.4, -0.2) is 11.1 Å². The first-order valence-electron chi connectivity index (χ1n) is 7.01. The Hall–Kier alpha value is 0.250. The van der Waals surface area contributed by atoms with E-state index in [9.17, 15) is 4.79 Å². The highest BCUT2D eigenvalue weighted by Crippen LogP contribution is 2.12. The molecule has 0 fully saturated rings. The molecule has 0 aliphatic carbocycles. The molecule has 0 spiro atoms. The van der Waals surface area contributed by atoms with Crippen LogP contribution in [-0.2, 0) is 4.79 Å². The lowest BCUT2D eigenvalue weighted by atomic mass is 10.1. The quantitative estimate of drug-likeness (QED) is 0.241. The Morgan fingerprint density at radius 1 is 0.647 bits per heavy atom. The number of carbonyl (C=O) groups is 1. The Balaban J connectivity index is 2.91. The van der Waals surface area contributed by atoms with Gasteiger partial charge in [-0.2, -0.15) is 0 Å². The van der Waals surface area contributed by atoms with E-state index in [1.54, 1.807) is 0 Å². The lowest BCUT2D eigenvalue weighted by Gasteiger charge is -2.01. The van der Waals surface area contributed by atoms with Crippen LogP contribution in [0.5, 0.6) is 0 Å². The van der Waals surface area contributed by atoms with Gasteiger partial charge in [-0.05, 0) is 24.4 Å². The molecule has 0 radical (unpaired) electrons. The third-order valence-electron chi connectivity index (χ3n) is 3.01. The highest BCUT2D eigenvalue weighted by Gasteiger charge is 1.96. The van der Waals surface area contributed by atoms with E-state index < -0.39 is 0 Å². The monoisotopic (exact) mass is 280 g/mol. The van der Waals surface area contributed by atoms with Crippen molar-refractivity contribution in [2.24, 2.45) is 0 Å². The summed E-state index contributed by atoms with van der Waals surface area (Å²) in [5, 5.41) is -0.193. The molecule has 3 heteroatoms. The Morgan fingerprint density at radius 3 is 1.35 bits per heavy atom. The van der Waals surface area contributed by atoms with Crippen LogP contribution in [0, 0.1) is 0 Å². The fourth-order valence-electron chi connectivity index (χ4n) is 1.95. The number of hydrogen-bond acceptors (Lipinski definition) is 1. The number of rotatable bonds is 13. The molecular formula is C14H26Cl2O. The molecule has 0 amide bonds. The third kappa shape index (κ3) is 16.2. The molecule has 0 saturated carbocycles. The molecule has 0 rings (SSSR count). The van der Waals surface area contributed by atoms with Crippen LogP contribution in [0.15, 0.2) is 0 Å². The number of halogens is 2. The average Bonchev–Trinajstić information content (AvgIpc) is 2.30. The summed E-state index contributed by atoms with van der Waals surface area (Å²) >= 11 is 10.9. The number of alkyl halides is 1. The summed E-state index contributed by atoms with van der Waals surface area (Å²) in [6.07, 6.45) is 14.4. The fourth-order valence-corrected chi connectivity index (χ4v) is 2.27. The van der Waals surface area contributed by atoms with E-state index in [-0.39, 0.29) is 5.24 Å². The van der Waals surface area contributed by atoms with Crippen LogP contribution in [0.1, 0.15) is 77.0 Å². The van der Waals surface area contributed by atoms with Crippen molar-refractivity contribution in [1.82, 2.24) is 0 Å². The maximum absolute atomic E-state index is 10.5. The molecule has 0 unspecified atom stereocenters. The van der Waals surface area contributed by atoms with E-state index in [1.165, 1.54) is 57.8 Å². The van der Waals surface area contributed by atoms with E-state index >= 15 is 0 Å². The van der Waals surface area contributed by atoms with Crippen molar-refractivity contribution in [2.45, 2.75) is 77.0 Å². The largest absolute Gasteiger partial charge is 0.281 e. The van der Waals surface area contributed by atoms with Crippen molar-refractivity contribution < 1.29 is 4.79 Å². The first-order chi connectivity index (χ1) is 8.27. The molecule has 0 aliphatic heterocycles. The summed E-state index contributed by atoms with van der Waals surface area (Å²) in [7, 11) is 0. The second-order valence-corrected chi connectivity index (χ2v) is 5.48. The van der Waals surface area contributed by atoms with Gasteiger partial charge in [0.2, 0.25) is 5.24 Å². The lowest BCUT2D eigenvalue weighted by Crippen LogP contribution is -1.86. The minimum absolute atomic E-state index is 0.193. The van der Waals surface area contributed by atoms with Crippen molar-refractivity contribution in [3.8, 4) is 0 Å². The minimum atomic E-state index is -0.193. The van der Waals surface area contributed by atoms with Crippen LogP contribution in [0.4, 0.5) is 0 Å². The predicted molar refractivity (Wildman–Crippen MR) is 77.0 cm³/mol. The maximum atomic E-state index is 10.5. The van der Waals surface area contributed by atoms with Gasteiger partial charge < -0.3 is 0 Å². The second kappa shape index (κ2) is 14.3. The van der Waals surface area contributed by atoms with Gasteiger partial charge in [-0.25, -0.2) is 0 Å². The molecule has 0 heterocycles. The highest BCUT2D eigenvalue weighted by atomic mass is 35.5. The lowest BCUT2D eigenvalue weighted by molar-refractivity contribution is -0.111. The summed E-state index contributed by atoms with van der Waals surface area (Å²) in [4.78, 5) is 10.5. The summed E-state index contributed by atoms with van der Waals surface area (Å²) < 4.78 is 0. The number of carbonyl (C=O) groups excluding carboxylic acids is 1. The van der Waals surface area contributed by atoms with Crippen LogP contribution in [0.2, 0.25) is 0 Å². The topological polar surface area (TPSA) is 17.1 Å². The van der Waals surface area contributed by atoms with E-state index in [2.05, 4.69) is 0 Å². The van der Waals surface area contributed by atoms with E-state index in [4.69, 9.17) is 23.2 Å². The highest BCUT2D eigenvalue weighted by molar-refractivity contribution is 6.63. The standard InChI is InChI=1S/C14H26Cl2O/c15-13-11-9-7-5-3-1-2-4-6-8-10-12-14(16)17/h1-13H2. The normalized spacial score (nSPS) is 10.7. The van der Waals surface area contributed by atoms with Crippen molar-refractivity contribution in [2.75, 3.05) is 5.88 Å². The van der Waals surface area contributed by atoms with Gasteiger partial charge >= 0.3 is 0 Å². The third-order valence-corrected chi connectivity index (χ3v) is 3.46. The summed E-state index contributed by atoms with van der Waals surface area (Å²) in [5.41, 5.74) is 0. The van der Waals surface area contributed by atoms with E-state index in [0.717, 1.165) is 18.7 Å². The Bertz CT molecular complexity index is 172. The summed E-state index contributed by atoms with van der Waals surface area (Å²) in [5.74, 6) is 0.810. The van der Waals surface area contributed by atoms with E-state index in [0.29, 0.717) is 6.42 Å². The zero-order chi connectivity index (χ0) is 12.8. The smallest absolute Gasteiger partial charge is 0.221 e. The SMILES string of the molecule is O=C(Cl)CCCCCCCCCCCCCCl. The molecule has 17 heavy (non-hydrogen) atoms. The van der Waals surface area contributed by atoms with Gasteiger partial charge in [0.05, 0.1) is 0 Å². The van der Waals surface area contributed by atoms with Gasteiger partial charge in [-0.3, -0.25) is 4.79 Å². The molecule has 0 N–H and O–H groups in total. The van der Waals surface area contributed by atoms with E-state index in [1.807, 2.05) is 0 Å². The molecule has 0 atom stereocenters. The zero-order valence-corrected chi connectivity index (χ0v) is 12.4. The van der Waals surface area contributed by atoms with Crippen molar-refractivity contribution in [3.63, 3.8) is 0 Å². The molecule has 0 bridgehead atoms. The zero-order valence-electron chi connectivity index (χ0n) is 10.9. The van der Waals surface area contributed by atoms with Crippen molar-refractivity contribution >= 4 is 28.4 Å². The van der Waals surface area contributed by atoms with Crippen molar-refractivity contribution in [1.29, 1.82) is 0 Å². The first-order valence-corrected chi connectivity index (χ1v) is 7.93. The number of hydrogen-bond donors (Lipinski definition) is 0. The van der Waals surface area contributed by atoms with Gasteiger partial charge in [-0.1, -0.05) is 57.8 Å². The fraction of sp³-hybridized carbons (Fsp3) is 0.929. The molecule has 0 aromatic rings. The molecule has 0 saturated heterocycles. The summed E-state index contributed by atoms with van der Waals surface area (Å²) in [6.45, 7) is 0. The minimum Gasteiger partial charge on any atom is -0.281 e. The molecule has 1 nitrogen and oxygen atoms in total. The Kier molecular flexibility index (Phi) is 14.5. The van der Waals surface area contributed by atoms with Gasteiger partial charge in [0.25, 0.3) is 0 Å². The molecular weight excluding hydrogens is 255 g/mol. The maximum Gasteiger partial charge on any atom is 0.221 e. The van der Waals surface area contributed by atoms with Crippen LogP contribution >= 0.6 is 23.2 Å². The van der Waals surface area contributed by atoms with Gasteiger partial charge in [0.1, 0.15) is 0 Å². The summed E-state index contributed by atoms with van der Waals surface area (Å²) in [6, 6.07) is 0. The Morgan fingerprint density at radius 2 is 1.00 bits per heavy atom. The van der Waals surface area contributed by atoms with Gasteiger partial charge in [0.15, 0.2) is 0 Å². The molecule has 102 valence electrons. The molecule has 0 aliphatic rings. The average molecular weight is 281 g/mol. The first kappa shape index (κ1) is 17.2. The van der Waals surface area contributed by atoms with Crippen LogP contribution in [0.25, 0.3) is 0 Å².